The second-order valence-corrected chi connectivity index (χ2v) is 10.1. The van der Waals surface area contributed by atoms with E-state index in [0.29, 0.717) is 17.6 Å². The average molecular weight is 320 g/mol. The van der Waals surface area contributed by atoms with E-state index in [1.807, 2.05) is 0 Å². The van der Waals surface area contributed by atoms with Crippen LogP contribution in [0.2, 0.25) is 0 Å². The van der Waals surface area contributed by atoms with Gasteiger partial charge in [-0.3, -0.25) is 4.79 Å². The zero-order valence-corrected chi connectivity index (χ0v) is 14.9. The first-order valence-electron chi connectivity index (χ1n) is 9.55. The van der Waals surface area contributed by atoms with Gasteiger partial charge < -0.3 is 10.2 Å². The Morgan fingerprint density at radius 1 is 1.09 bits per heavy atom. The fourth-order valence-corrected chi connectivity index (χ4v) is 7.83. The molecule has 4 fully saturated rings. The van der Waals surface area contributed by atoms with Crippen molar-refractivity contribution in [3.05, 3.63) is 0 Å². The Morgan fingerprint density at radius 3 is 2.52 bits per heavy atom. The van der Waals surface area contributed by atoms with Crippen LogP contribution < -0.4 is 0 Å². The Balaban J connectivity index is 1.73. The molecule has 1 spiro atoms. The second kappa shape index (κ2) is 4.60. The zero-order valence-electron chi connectivity index (χ0n) is 14.9. The minimum atomic E-state index is -0.849. The van der Waals surface area contributed by atoms with Crippen LogP contribution in [0.3, 0.4) is 0 Å². The van der Waals surface area contributed by atoms with Gasteiger partial charge in [-0.15, -0.1) is 0 Å². The number of rotatable bonds is 1. The summed E-state index contributed by atoms with van der Waals surface area (Å²) in [5.74, 6) is 1.81. The Hall–Kier alpha value is -0.410. The van der Waals surface area contributed by atoms with Crippen molar-refractivity contribution in [2.75, 3.05) is 6.61 Å². The molecule has 0 heterocycles. The van der Waals surface area contributed by atoms with E-state index in [2.05, 4.69) is 20.8 Å². The molecule has 0 radical (unpaired) electrons. The third-order valence-corrected chi connectivity index (χ3v) is 8.89. The maximum atomic E-state index is 12.5. The molecule has 3 nitrogen and oxygen atoms in total. The van der Waals surface area contributed by atoms with E-state index in [0.717, 1.165) is 44.9 Å². The molecule has 0 aliphatic heterocycles. The van der Waals surface area contributed by atoms with Crippen molar-refractivity contribution in [3.8, 4) is 0 Å². The summed E-state index contributed by atoms with van der Waals surface area (Å²) >= 11 is 0. The van der Waals surface area contributed by atoms with Gasteiger partial charge in [0.15, 0.2) is 0 Å². The molecule has 3 heteroatoms. The molecule has 0 aromatic carbocycles. The second-order valence-electron chi connectivity index (χ2n) is 10.1. The van der Waals surface area contributed by atoms with Gasteiger partial charge in [0.25, 0.3) is 0 Å². The minimum absolute atomic E-state index is 0.0870. The molecule has 4 rings (SSSR count). The van der Waals surface area contributed by atoms with E-state index in [-0.39, 0.29) is 28.8 Å². The van der Waals surface area contributed by atoms with Gasteiger partial charge in [-0.25, -0.2) is 0 Å². The molecule has 4 aliphatic rings. The van der Waals surface area contributed by atoms with Gasteiger partial charge in [-0.05, 0) is 73.5 Å². The first kappa shape index (κ1) is 16.1. The molecular formula is C20H32O3. The maximum absolute atomic E-state index is 12.5. The number of fused-ring (bicyclic) bond motifs is 3. The molecule has 4 aliphatic carbocycles. The molecule has 130 valence electrons. The van der Waals surface area contributed by atoms with Gasteiger partial charge >= 0.3 is 0 Å². The maximum Gasteiger partial charge on any atom is 0.138 e. The summed E-state index contributed by atoms with van der Waals surface area (Å²) in [6, 6.07) is 0. The van der Waals surface area contributed by atoms with Crippen molar-refractivity contribution in [2.45, 2.75) is 77.7 Å². The number of aliphatic hydroxyl groups is 2. The van der Waals surface area contributed by atoms with Crippen LogP contribution >= 0.6 is 0 Å². The number of carbonyl (C=O) groups is 1. The van der Waals surface area contributed by atoms with Gasteiger partial charge in [0, 0.05) is 11.8 Å². The van der Waals surface area contributed by atoms with Crippen LogP contribution in [-0.4, -0.2) is 28.2 Å². The van der Waals surface area contributed by atoms with Crippen molar-refractivity contribution < 1.29 is 15.0 Å². The standard InChI is InChI=1S/C20H32O3/c1-17(2)14-6-9-19-10-13(20(23,11-19)12-21)4-5-15(19)18(14,3)8-7-16(17)22/h13-15,21,23H,4-12H2,1-3H3/t13?,14-,15+,18-,19?,20-/m1/s1. The fourth-order valence-electron chi connectivity index (χ4n) is 7.83. The summed E-state index contributed by atoms with van der Waals surface area (Å²) in [6.45, 7) is 6.68. The third kappa shape index (κ3) is 1.87. The topological polar surface area (TPSA) is 57.5 Å². The van der Waals surface area contributed by atoms with Crippen LogP contribution in [0.1, 0.15) is 72.1 Å². The molecule has 0 saturated heterocycles. The lowest BCUT2D eigenvalue weighted by atomic mass is 9.41. The third-order valence-electron chi connectivity index (χ3n) is 8.89. The molecule has 23 heavy (non-hydrogen) atoms. The number of carbonyl (C=O) groups excluding carboxylic acids is 1. The van der Waals surface area contributed by atoms with E-state index in [1.165, 1.54) is 6.42 Å². The summed E-state index contributed by atoms with van der Waals surface area (Å²) in [5, 5.41) is 20.7. The van der Waals surface area contributed by atoms with Gasteiger partial charge in [-0.2, -0.15) is 0 Å². The summed E-state index contributed by atoms with van der Waals surface area (Å²) in [5.41, 5.74) is -0.612. The quantitative estimate of drug-likeness (QED) is 0.779. The Kier molecular flexibility index (Phi) is 3.22. The van der Waals surface area contributed by atoms with Gasteiger partial charge in [0.2, 0.25) is 0 Å². The van der Waals surface area contributed by atoms with E-state index >= 15 is 0 Å². The highest BCUT2D eigenvalue weighted by Crippen LogP contribution is 2.72. The van der Waals surface area contributed by atoms with Gasteiger partial charge in [0.1, 0.15) is 5.78 Å². The predicted octanol–water partition coefficient (Wildman–Crippen LogP) is 3.32. The number of hydrogen-bond acceptors (Lipinski definition) is 3. The van der Waals surface area contributed by atoms with Crippen molar-refractivity contribution in [1.29, 1.82) is 0 Å². The van der Waals surface area contributed by atoms with E-state index < -0.39 is 5.60 Å². The monoisotopic (exact) mass is 320 g/mol. The highest BCUT2D eigenvalue weighted by Gasteiger charge is 2.67. The number of hydrogen-bond donors (Lipinski definition) is 2. The lowest BCUT2D eigenvalue weighted by Crippen LogP contribution is -2.58. The number of aliphatic hydroxyl groups excluding tert-OH is 1. The SMILES string of the molecule is CC1(C)C(=O)CC[C@@]2(C)[C@@H]3CCC4CC3(CC[C@H]12)C[C@@]4(O)CO. The highest BCUT2D eigenvalue weighted by molar-refractivity contribution is 5.85. The lowest BCUT2D eigenvalue weighted by Gasteiger charge is -2.63. The van der Waals surface area contributed by atoms with Crippen molar-refractivity contribution in [2.24, 2.45) is 34.0 Å². The van der Waals surface area contributed by atoms with Crippen molar-refractivity contribution >= 4 is 5.78 Å². The molecular weight excluding hydrogens is 288 g/mol. The smallest absolute Gasteiger partial charge is 0.138 e. The number of Topliss-reactive ketones (excluding diaryl/α,β-unsaturated/α-hetero) is 1. The molecule has 6 atom stereocenters. The van der Waals surface area contributed by atoms with Crippen LogP contribution in [-0.2, 0) is 4.79 Å². The van der Waals surface area contributed by atoms with Crippen LogP contribution in [0.5, 0.6) is 0 Å². The fraction of sp³-hybridized carbons (Fsp3) is 0.950. The zero-order chi connectivity index (χ0) is 16.7. The summed E-state index contributed by atoms with van der Waals surface area (Å²) in [6.07, 6.45) is 8.07. The van der Waals surface area contributed by atoms with Crippen molar-refractivity contribution in [1.82, 2.24) is 0 Å². The molecule has 0 amide bonds. The van der Waals surface area contributed by atoms with Crippen LogP contribution in [0.25, 0.3) is 0 Å². The van der Waals surface area contributed by atoms with Crippen LogP contribution in [0.15, 0.2) is 0 Å². The molecule has 2 unspecified atom stereocenters. The summed E-state index contributed by atoms with van der Waals surface area (Å²) in [4.78, 5) is 12.5. The van der Waals surface area contributed by atoms with Gasteiger partial charge in [0.05, 0.1) is 12.2 Å². The van der Waals surface area contributed by atoms with Crippen molar-refractivity contribution in [3.63, 3.8) is 0 Å². The first-order valence-corrected chi connectivity index (χ1v) is 9.55. The Labute approximate surface area is 139 Å². The lowest BCUT2D eigenvalue weighted by molar-refractivity contribution is -0.165. The summed E-state index contributed by atoms with van der Waals surface area (Å²) < 4.78 is 0. The Morgan fingerprint density at radius 2 is 1.83 bits per heavy atom. The van der Waals surface area contributed by atoms with E-state index in [9.17, 15) is 15.0 Å². The molecule has 2 bridgehead atoms. The Bertz CT molecular complexity index is 541. The summed E-state index contributed by atoms with van der Waals surface area (Å²) in [7, 11) is 0. The largest absolute Gasteiger partial charge is 0.393 e. The highest BCUT2D eigenvalue weighted by atomic mass is 16.3. The molecule has 4 saturated carbocycles. The van der Waals surface area contributed by atoms with Gasteiger partial charge in [-0.1, -0.05) is 20.8 Å². The molecule has 2 N–H and O–H groups in total. The average Bonchev–Trinajstić information content (AvgIpc) is 2.70. The molecule has 0 aromatic rings. The van der Waals surface area contributed by atoms with Crippen LogP contribution in [0.4, 0.5) is 0 Å². The van der Waals surface area contributed by atoms with E-state index in [1.54, 1.807) is 0 Å². The van der Waals surface area contributed by atoms with E-state index in [4.69, 9.17) is 0 Å². The number of ketones is 1. The normalized spacial score (nSPS) is 54.5. The molecule has 0 aromatic heterocycles. The predicted molar refractivity (Wildman–Crippen MR) is 88.8 cm³/mol. The van der Waals surface area contributed by atoms with Crippen LogP contribution in [0, 0.1) is 34.0 Å². The first-order chi connectivity index (χ1) is 10.7. The minimum Gasteiger partial charge on any atom is -0.393 e.